The van der Waals surface area contributed by atoms with Gasteiger partial charge < -0.3 is 5.32 Å². The van der Waals surface area contributed by atoms with Crippen molar-refractivity contribution in [1.29, 1.82) is 0 Å². The lowest BCUT2D eigenvalue weighted by Gasteiger charge is -2.44. The van der Waals surface area contributed by atoms with Crippen LogP contribution in [-0.2, 0) is 0 Å². The molecular formula is C11H25N3. The van der Waals surface area contributed by atoms with Crippen LogP contribution < -0.4 is 5.32 Å². The summed E-state index contributed by atoms with van der Waals surface area (Å²) in [6.45, 7) is 10.4. The van der Waals surface area contributed by atoms with Crippen molar-refractivity contribution in [2.45, 2.75) is 38.9 Å². The molecule has 3 atom stereocenters. The Kier molecular flexibility index (Phi) is 4.35. The molecule has 0 saturated carbocycles. The third kappa shape index (κ3) is 2.69. The van der Waals surface area contributed by atoms with Crippen LogP contribution in [0.15, 0.2) is 0 Å². The third-order valence-electron chi connectivity index (χ3n) is 3.51. The van der Waals surface area contributed by atoms with Gasteiger partial charge in [0.15, 0.2) is 0 Å². The van der Waals surface area contributed by atoms with Gasteiger partial charge in [-0.15, -0.1) is 0 Å². The van der Waals surface area contributed by atoms with E-state index in [0.29, 0.717) is 18.1 Å². The molecule has 0 amide bonds. The van der Waals surface area contributed by atoms with E-state index in [4.69, 9.17) is 0 Å². The van der Waals surface area contributed by atoms with Crippen molar-refractivity contribution in [3.8, 4) is 0 Å². The van der Waals surface area contributed by atoms with Crippen LogP contribution in [0, 0.1) is 0 Å². The first-order valence-corrected chi connectivity index (χ1v) is 5.66. The number of piperazine rings is 1. The van der Waals surface area contributed by atoms with Crippen molar-refractivity contribution in [3.05, 3.63) is 0 Å². The second kappa shape index (κ2) is 5.10. The lowest BCUT2D eigenvalue weighted by molar-refractivity contribution is 0.0386. The Morgan fingerprint density at radius 2 is 1.79 bits per heavy atom. The Bertz CT molecular complexity index is 160. The Morgan fingerprint density at radius 1 is 1.29 bits per heavy atom. The van der Waals surface area contributed by atoms with Crippen LogP contribution in [0.4, 0.5) is 0 Å². The fraction of sp³-hybridized carbons (Fsp3) is 1.00. The van der Waals surface area contributed by atoms with E-state index in [1.54, 1.807) is 0 Å². The molecule has 1 aliphatic heterocycles. The number of hydrogen-bond donors (Lipinski definition) is 1. The molecule has 14 heavy (non-hydrogen) atoms. The first kappa shape index (κ1) is 12.0. The molecule has 84 valence electrons. The van der Waals surface area contributed by atoms with Crippen LogP contribution >= 0.6 is 0 Å². The number of likely N-dealkylation sites (N-methyl/N-ethyl adjacent to an activating group) is 2. The Hall–Kier alpha value is -0.120. The van der Waals surface area contributed by atoms with Crippen molar-refractivity contribution in [1.82, 2.24) is 15.1 Å². The Morgan fingerprint density at radius 3 is 2.21 bits per heavy atom. The summed E-state index contributed by atoms with van der Waals surface area (Å²) in [7, 11) is 4.26. The second-order valence-corrected chi connectivity index (χ2v) is 4.72. The van der Waals surface area contributed by atoms with Crippen LogP contribution in [-0.4, -0.2) is 61.7 Å². The lowest BCUT2D eigenvalue weighted by Crippen LogP contribution is -2.58. The number of hydrogen-bond acceptors (Lipinski definition) is 3. The highest BCUT2D eigenvalue weighted by molar-refractivity contribution is 4.85. The van der Waals surface area contributed by atoms with Gasteiger partial charge in [0.25, 0.3) is 0 Å². The first-order valence-electron chi connectivity index (χ1n) is 5.66. The van der Waals surface area contributed by atoms with E-state index < -0.39 is 0 Å². The van der Waals surface area contributed by atoms with Gasteiger partial charge in [-0.05, 0) is 34.9 Å². The number of nitrogens with one attached hydrogen (secondary N) is 1. The fourth-order valence-corrected chi connectivity index (χ4v) is 2.23. The average Bonchev–Trinajstić information content (AvgIpc) is 2.13. The summed E-state index contributed by atoms with van der Waals surface area (Å²) in [5.74, 6) is 0. The normalized spacial score (nSPS) is 33.2. The van der Waals surface area contributed by atoms with Gasteiger partial charge in [0.2, 0.25) is 0 Å². The molecule has 0 radical (unpaired) electrons. The molecule has 0 bridgehead atoms. The maximum absolute atomic E-state index is 3.25. The van der Waals surface area contributed by atoms with Gasteiger partial charge in [0.05, 0.1) is 0 Å². The zero-order chi connectivity index (χ0) is 10.7. The van der Waals surface area contributed by atoms with Gasteiger partial charge in [0.1, 0.15) is 0 Å². The molecule has 1 heterocycles. The SMILES string of the molecule is CNCC(C)N1CC(C)N(C)C(C)C1. The summed E-state index contributed by atoms with van der Waals surface area (Å²) in [5.41, 5.74) is 0. The molecule has 0 aliphatic carbocycles. The highest BCUT2D eigenvalue weighted by atomic mass is 15.3. The smallest absolute Gasteiger partial charge is 0.0195 e. The highest BCUT2D eigenvalue weighted by Gasteiger charge is 2.28. The summed E-state index contributed by atoms with van der Waals surface area (Å²) >= 11 is 0. The molecule has 1 aliphatic rings. The molecule has 0 aromatic carbocycles. The minimum absolute atomic E-state index is 0.651. The van der Waals surface area contributed by atoms with Crippen molar-refractivity contribution in [2.24, 2.45) is 0 Å². The number of nitrogens with zero attached hydrogens (tertiary/aromatic N) is 2. The van der Waals surface area contributed by atoms with Crippen LogP contribution in [0.5, 0.6) is 0 Å². The maximum atomic E-state index is 3.25. The van der Waals surface area contributed by atoms with Gasteiger partial charge >= 0.3 is 0 Å². The number of rotatable bonds is 3. The van der Waals surface area contributed by atoms with E-state index in [-0.39, 0.29) is 0 Å². The van der Waals surface area contributed by atoms with Gasteiger partial charge in [-0.25, -0.2) is 0 Å². The molecule has 1 fully saturated rings. The van der Waals surface area contributed by atoms with E-state index >= 15 is 0 Å². The molecule has 1 saturated heterocycles. The quantitative estimate of drug-likeness (QED) is 0.719. The van der Waals surface area contributed by atoms with E-state index in [9.17, 15) is 0 Å². The summed E-state index contributed by atoms with van der Waals surface area (Å²) < 4.78 is 0. The van der Waals surface area contributed by atoms with Crippen molar-refractivity contribution in [3.63, 3.8) is 0 Å². The predicted molar refractivity (Wildman–Crippen MR) is 61.6 cm³/mol. The molecule has 3 nitrogen and oxygen atoms in total. The van der Waals surface area contributed by atoms with Crippen molar-refractivity contribution < 1.29 is 0 Å². The van der Waals surface area contributed by atoms with Gasteiger partial charge in [0, 0.05) is 37.8 Å². The summed E-state index contributed by atoms with van der Waals surface area (Å²) in [4.78, 5) is 5.06. The minimum atomic E-state index is 0.651. The molecule has 3 unspecified atom stereocenters. The van der Waals surface area contributed by atoms with E-state index in [1.165, 1.54) is 13.1 Å². The van der Waals surface area contributed by atoms with Gasteiger partial charge in [-0.3, -0.25) is 9.80 Å². The van der Waals surface area contributed by atoms with E-state index in [0.717, 1.165) is 6.54 Å². The van der Waals surface area contributed by atoms with E-state index in [2.05, 4.69) is 42.9 Å². The summed E-state index contributed by atoms with van der Waals surface area (Å²) in [6, 6.07) is 2.01. The van der Waals surface area contributed by atoms with Crippen molar-refractivity contribution in [2.75, 3.05) is 33.7 Å². The summed E-state index contributed by atoms with van der Waals surface area (Å²) in [5, 5.41) is 3.25. The van der Waals surface area contributed by atoms with Gasteiger partial charge in [-0.2, -0.15) is 0 Å². The molecule has 0 aromatic rings. The molecule has 0 spiro atoms. The van der Waals surface area contributed by atoms with Crippen LogP contribution in [0.1, 0.15) is 20.8 Å². The molecule has 0 aromatic heterocycles. The van der Waals surface area contributed by atoms with Crippen LogP contribution in [0.2, 0.25) is 0 Å². The molecule has 1 rings (SSSR count). The molecular weight excluding hydrogens is 174 g/mol. The monoisotopic (exact) mass is 199 g/mol. The second-order valence-electron chi connectivity index (χ2n) is 4.72. The fourth-order valence-electron chi connectivity index (χ4n) is 2.23. The zero-order valence-electron chi connectivity index (χ0n) is 10.2. The minimum Gasteiger partial charge on any atom is -0.318 e. The Balaban J connectivity index is 2.48. The molecule has 1 N–H and O–H groups in total. The maximum Gasteiger partial charge on any atom is 0.0195 e. The van der Waals surface area contributed by atoms with Gasteiger partial charge in [-0.1, -0.05) is 0 Å². The Labute approximate surface area is 88.5 Å². The third-order valence-corrected chi connectivity index (χ3v) is 3.51. The van der Waals surface area contributed by atoms with Crippen molar-refractivity contribution >= 4 is 0 Å². The van der Waals surface area contributed by atoms with Crippen LogP contribution in [0.3, 0.4) is 0 Å². The topological polar surface area (TPSA) is 18.5 Å². The largest absolute Gasteiger partial charge is 0.318 e. The standard InChI is InChI=1S/C11H25N3/c1-9(6-12-4)14-7-10(2)13(5)11(3)8-14/h9-12H,6-8H2,1-5H3. The zero-order valence-corrected chi connectivity index (χ0v) is 10.2. The lowest BCUT2D eigenvalue weighted by atomic mass is 10.1. The highest BCUT2D eigenvalue weighted by Crippen LogP contribution is 2.15. The van der Waals surface area contributed by atoms with Crippen LogP contribution in [0.25, 0.3) is 0 Å². The first-order chi connectivity index (χ1) is 6.56. The summed E-state index contributed by atoms with van der Waals surface area (Å²) in [6.07, 6.45) is 0. The van der Waals surface area contributed by atoms with E-state index in [1.807, 2.05) is 7.05 Å². The predicted octanol–water partition coefficient (Wildman–Crippen LogP) is 0.619. The molecule has 3 heteroatoms. The average molecular weight is 199 g/mol.